The van der Waals surface area contributed by atoms with Gasteiger partial charge < -0.3 is 10.7 Å². The zero-order valence-electron chi connectivity index (χ0n) is 11.3. The van der Waals surface area contributed by atoms with Crippen LogP contribution in [0.2, 0.25) is 0 Å². The van der Waals surface area contributed by atoms with Crippen LogP contribution in [0.15, 0.2) is 11.2 Å². The van der Waals surface area contributed by atoms with Gasteiger partial charge in [-0.05, 0) is 19.3 Å². The fourth-order valence-corrected chi connectivity index (χ4v) is 2.63. The van der Waals surface area contributed by atoms with Crippen molar-refractivity contribution < 1.29 is 8.42 Å². The molecule has 18 heavy (non-hydrogen) atoms. The minimum absolute atomic E-state index is 0.00570. The first-order valence-electron chi connectivity index (χ1n) is 5.98. The third-order valence-corrected chi connectivity index (χ3v) is 4.77. The highest BCUT2D eigenvalue weighted by Crippen LogP contribution is 2.13. The molecule has 0 radical (unpaired) electrons. The predicted molar refractivity (Wildman–Crippen MR) is 70.6 cm³/mol. The van der Waals surface area contributed by atoms with E-state index in [1.54, 1.807) is 14.0 Å². The quantitative estimate of drug-likeness (QED) is 0.799. The first kappa shape index (κ1) is 15.1. The summed E-state index contributed by atoms with van der Waals surface area (Å²) in [6, 6.07) is 0.00570. The Hall–Kier alpha value is -0.920. The van der Waals surface area contributed by atoms with Crippen molar-refractivity contribution in [3.63, 3.8) is 0 Å². The normalized spacial score (nSPS) is 14.4. The lowest BCUT2D eigenvalue weighted by Gasteiger charge is -2.20. The monoisotopic (exact) mass is 274 g/mol. The second kappa shape index (κ2) is 5.81. The summed E-state index contributed by atoms with van der Waals surface area (Å²) in [5, 5.41) is 0.126. The highest BCUT2D eigenvalue weighted by atomic mass is 32.2. The number of hydrogen-bond donors (Lipinski definition) is 2. The van der Waals surface area contributed by atoms with Crippen LogP contribution < -0.4 is 5.73 Å². The van der Waals surface area contributed by atoms with Crippen molar-refractivity contribution >= 4 is 10.0 Å². The molecule has 1 aromatic rings. The molecule has 0 spiro atoms. The fraction of sp³-hybridized carbons (Fsp3) is 0.727. The van der Waals surface area contributed by atoms with Gasteiger partial charge in [-0.1, -0.05) is 13.8 Å². The number of hydrogen-bond acceptors (Lipinski definition) is 4. The molecule has 0 aliphatic rings. The molecule has 0 fully saturated rings. The van der Waals surface area contributed by atoms with Crippen molar-refractivity contribution in [1.29, 1.82) is 0 Å². The van der Waals surface area contributed by atoms with Crippen molar-refractivity contribution in [2.24, 2.45) is 11.7 Å². The molecule has 1 heterocycles. The zero-order chi connectivity index (χ0) is 13.9. The molecule has 0 bridgehead atoms. The van der Waals surface area contributed by atoms with E-state index in [0.29, 0.717) is 24.7 Å². The molecule has 3 N–H and O–H groups in total. The Labute approximate surface area is 109 Å². The number of aromatic nitrogens is 2. The summed E-state index contributed by atoms with van der Waals surface area (Å²) < 4.78 is 25.6. The van der Waals surface area contributed by atoms with Gasteiger partial charge in [0.05, 0.1) is 6.20 Å². The van der Waals surface area contributed by atoms with E-state index in [4.69, 9.17) is 5.73 Å². The van der Waals surface area contributed by atoms with Crippen LogP contribution in [-0.4, -0.2) is 42.3 Å². The van der Waals surface area contributed by atoms with Crippen molar-refractivity contribution in [3.05, 3.63) is 12.0 Å². The zero-order valence-corrected chi connectivity index (χ0v) is 12.2. The molecule has 1 aromatic heterocycles. The number of nitrogens with one attached hydrogen (secondary N) is 1. The van der Waals surface area contributed by atoms with Crippen LogP contribution in [0.5, 0.6) is 0 Å². The van der Waals surface area contributed by atoms with Gasteiger partial charge in [-0.3, -0.25) is 0 Å². The second-order valence-corrected chi connectivity index (χ2v) is 6.87. The molecular formula is C11H22N4O2S. The van der Waals surface area contributed by atoms with Crippen LogP contribution in [0.1, 0.15) is 26.1 Å². The smallest absolute Gasteiger partial charge is 0.259 e. The summed E-state index contributed by atoms with van der Waals surface area (Å²) in [7, 11) is -1.93. The SMILES string of the molecule is Cc1ncc(S(=O)(=O)N(C)CCC(N)C(C)C)[nH]1. The number of rotatable bonds is 6. The average Bonchev–Trinajstić information content (AvgIpc) is 2.72. The van der Waals surface area contributed by atoms with Crippen LogP contribution in [0, 0.1) is 12.8 Å². The minimum atomic E-state index is -3.48. The highest BCUT2D eigenvalue weighted by Gasteiger charge is 2.23. The van der Waals surface area contributed by atoms with Crippen LogP contribution in [0.25, 0.3) is 0 Å². The van der Waals surface area contributed by atoms with Gasteiger partial charge in [0.15, 0.2) is 5.03 Å². The van der Waals surface area contributed by atoms with E-state index in [2.05, 4.69) is 9.97 Å². The summed E-state index contributed by atoms with van der Waals surface area (Å²) in [6.45, 7) is 6.17. The Morgan fingerprint density at radius 1 is 1.50 bits per heavy atom. The van der Waals surface area contributed by atoms with Gasteiger partial charge >= 0.3 is 0 Å². The Bertz CT molecular complexity index is 481. The molecule has 0 aromatic carbocycles. The first-order chi connectivity index (χ1) is 8.25. The van der Waals surface area contributed by atoms with Crippen molar-refractivity contribution in [1.82, 2.24) is 14.3 Å². The van der Waals surface area contributed by atoms with Crippen molar-refractivity contribution in [2.45, 2.75) is 38.3 Å². The lowest BCUT2D eigenvalue weighted by molar-refractivity contribution is 0.396. The van der Waals surface area contributed by atoms with E-state index in [1.165, 1.54) is 10.5 Å². The van der Waals surface area contributed by atoms with Crippen LogP contribution in [0.4, 0.5) is 0 Å². The largest absolute Gasteiger partial charge is 0.332 e. The molecule has 1 rings (SSSR count). The molecular weight excluding hydrogens is 252 g/mol. The number of nitrogens with two attached hydrogens (primary N) is 1. The van der Waals surface area contributed by atoms with Gasteiger partial charge in [0, 0.05) is 19.6 Å². The Morgan fingerprint density at radius 3 is 2.56 bits per heavy atom. The van der Waals surface area contributed by atoms with E-state index >= 15 is 0 Å². The lowest BCUT2D eigenvalue weighted by atomic mass is 10.0. The van der Waals surface area contributed by atoms with Crippen LogP contribution >= 0.6 is 0 Å². The third kappa shape index (κ3) is 3.54. The summed E-state index contributed by atoms with van der Waals surface area (Å²) in [4.78, 5) is 6.64. The molecule has 0 amide bonds. The maximum atomic E-state index is 12.1. The van der Waals surface area contributed by atoms with Crippen LogP contribution in [0.3, 0.4) is 0 Å². The molecule has 0 saturated heterocycles. The van der Waals surface area contributed by atoms with E-state index in [9.17, 15) is 8.42 Å². The highest BCUT2D eigenvalue weighted by molar-refractivity contribution is 7.89. The van der Waals surface area contributed by atoms with Crippen molar-refractivity contribution in [2.75, 3.05) is 13.6 Å². The van der Waals surface area contributed by atoms with E-state index in [-0.39, 0.29) is 11.1 Å². The maximum absolute atomic E-state index is 12.1. The van der Waals surface area contributed by atoms with E-state index in [0.717, 1.165) is 0 Å². The number of imidazole rings is 1. The standard InChI is InChI=1S/C11H22N4O2S/c1-8(2)10(12)5-6-15(4)18(16,17)11-7-13-9(3)14-11/h7-8,10H,5-6,12H2,1-4H3,(H,13,14). The second-order valence-electron chi connectivity index (χ2n) is 4.86. The summed E-state index contributed by atoms with van der Waals surface area (Å²) >= 11 is 0. The topological polar surface area (TPSA) is 92.1 Å². The van der Waals surface area contributed by atoms with Gasteiger partial charge in [0.1, 0.15) is 5.82 Å². The number of H-pyrrole nitrogens is 1. The molecule has 104 valence electrons. The molecule has 0 saturated carbocycles. The Kier molecular flexibility index (Phi) is 4.89. The van der Waals surface area contributed by atoms with Gasteiger partial charge in [-0.2, -0.15) is 4.31 Å². The number of aromatic amines is 1. The minimum Gasteiger partial charge on any atom is -0.332 e. The van der Waals surface area contributed by atoms with E-state index < -0.39 is 10.0 Å². The first-order valence-corrected chi connectivity index (χ1v) is 7.42. The van der Waals surface area contributed by atoms with Crippen LogP contribution in [-0.2, 0) is 10.0 Å². The Morgan fingerprint density at radius 2 is 2.11 bits per heavy atom. The van der Waals surface area contributed by atoms with Crippen molar-refractivity contribution in [3.8, 4) is 0 Å². The van der Waals surface area contributed by atoms with E-state index in [1.807, 2.05) is 13.8 Å². The van der Waals surface area contributed by atoms with Gasteiger partial charge in [-0.15, -0.1) is 0 Å². The Balaban J connectivity index is 2.69. The molecule has 1 unspecified atom stereocenters. The predicted octanol–water partition coefficient (Wildman–Crippen LogP) is 0.712. The number of nitrogens with zero attached hydrogens (tertiary/aromatic N) is 2. The number of sulfonamides is 1. The summed E-state index contributed by atoms with van der Waals surface area (Å²) in [5.41, 5.74) is 5.91. The molecule has 0 aliphatic carbocycles. The molecule has 6 nitrogen and oxygen atoms in total. The lowest BCUT2D eigenvalue weighted by Crippen LogP contribution is -2.34. The molecule has 0 aliphatic heterocycles. The van der Waals surface area contributed by atoms with Gasteiger partial charge in [0.2, 0.25) is 0 Å². The molecule has 7 heteroatoms. The number of aryl methyl sites for hydroxylation is 1. The maximum Gasteiger partial charge on any atom is 0.259 e. The average molecular weight is 274 g/mol. The van der Waals surface area contributed by atoms with Gasteiger partial charge in [-0.25, -0.2) is 13.4 Å². The molecule has 1 atom stereocenters. The summed E-state index contributed by atoms with van der Waals surface area (Å²) in [5.74, 6) is 0.927. The summed E-state index contributed by atoms with van der Waals surface area (Å²) in [6.07, 6.45) is 1.98. The van der Waals surface area contributed by atoms with Gasteiger partial charge in [0.25, 0.3) is 10.0 Å². The fourth-order valence-electron chi connectivity index (χ4n) is 1.48. The third-order valence-electron chi connectivity index (χ3n) is 3.00.